The first-order valence-corrected chi connectivity index (χ1v) is 4.72. The molecule has 0 bridgehead atoms. The van der Waals surface area contributed by atoms with E-state index in [1.54, 1.807) is 0 Å². The lowest BCUT2D eigenvalue weighted by atomic mass is 10.2. The molecule has 0 aliphatic carbocycles. The molecule has 0 saturated heterocycles. The minimum atomic E-state index is -1.04. The van der Waals surface area contributed by atoms with E-state index in [4.69, 9.17) is 9.84 Å². The lowest BCUT2D eigenvalue weighted by Gasteiger charge is -2.15. The van der Waals surface area contributed by atoms with Gasteiger partial charge in [-0.2, -0.15) is 0 Å². The molecule has 0 aromatic carbocycles. The first kappa shape index (κ1) is 14.6. The van der Waals surface area contributed by atoms with Crippen molar-refractivity contribution >= 4 is 11.9 Å². The highest BCUT2D eigenvalue weighted by Crippen LogP contribution is 1.98. The fourth-order valence-electron chi connectivity index (χ4n) is 1.02. The van der Waals surface area contributed by atoms with Crippen LogP contribution in [0.5, 0.6) is 0 Å². The first-order valence-electron chi connectivity index (χ1n) is 4.72. The van der Waals surface area contributed by atoms with E-state index in [1.165, 1.54) is 20.3 Å². The Bertz CT molecular complexity index is 254. The molecule has 0 heterocycles. The molecule has 0 aliphatic heterocycles. The summed E-state index contributed by atoms with van der Waals surface area (Å²) in [4.78, 5) is 22.5. The van der Waals surface area contributed by atoms with Gasteiger partial charge in [-0.15, -0.1) is 6.58 Å². The predicted octanol–water partition coefficient (Wildman–Crippen LogP) is -0.772. The Morgan fingerprint density at radius 1 is 1.50 bits per heavy atom. The Hall–Kier alpha value is -1.40. The maximum Gasteiger partial charge on any atom is 0.330 e. The van der Waals surface area contributed by atoms with Crippen LogP contribution in [0.2, 0.25) is 0 Å². The predicted molar refractivity (Wildman–Crippen MR) is 56.6 cm³/mol. The lowest BCUT2D eigenvalue weighted by Crippen LogP contribution is -2.44. The smallest absolute Gasteiger partial charge is 0.330 e. The number of carbonyl (C=O) groups is 2. The van der Waals surface area contributed by atoms with Crippen molar-refractivity contribution in [2.45, 2.75) is 18.6 Å². The highest BCUT2D eigenvalue weighted by atomic mass is 16.5. The summed E-state index contributed by atoms with van der Waals surface area (Å²) in [6.45, 7) is 2.98. The average Bonchev–Trinajstić information content (AvgIpc) is 2.31. The highest BCUT2D eigenvalue weighted by molar-refractivity contribution is 5.84. The topological polar surface area (TPSA) is 84.9 Å². The standard InChI is InChI=1S/C10H17NO5/c1-4-7(15-2)5-9(13)11-8(6-12)10(14)16-3/h4,7-8,12H,1,5-6H2,2-3H3,(H,11,13)/t7-,8-/m0/s1. The summed E-state index contributed by atoms with van der Waals surface area (Å²) in [6.07, 6.45) is 1.09. The minimum Gasteiger partial charge on any atom is -0.467 e. The van der Waals surface area contributed by atoms with Gasteiger partial charge < -0.3 is 19.9 Å². The van der Waals surface area contributed by atoms with Gasteiger partial charge in [0.15, 0.2) is 6.04 Å². The van der Waals surface area contributed by atoms with E-state index in [1.807, 2.05) is 0 Å². The van der Waals surface area contributed by atoms with E-state index in [0.29, 0.717) is 0 Å². The number of methoxy groups -OCH3 is 2. The molecule has 0 rings (SSSR count). The number of ether oxygens (including phenoxy) is 2. The zero-order valence-electron chi connectivity index (χ0n) is 9.43. The molecular weight excluding hydrogens is 214 g/mol. The SMILES string of the molecule is C=C[C@@H](CC(=O)N[C@@H](CO)C(=O)OC)OC. The van der Waals surface area contributed by atoms with Crippen molar-refractivity contribution in [1.82, 2.24) is 5.32 Å². The number of aliphatic hydroxyl groups is 1. The van der Waals surface area contributed by atoms with Gasteiger partial charge >= 0.3 is 5.97 Å². The monoisotopic (exact) mass is 231 g/mol. The van der Waals surface area contributed by atoms with Crippen LogP contribution in [0.15, 0.2) is 12.7 Å². The molecule has 0 spiro atoms. The van der Waals surface area contributed by atoms with E-state index >= 15 is 0 Å². The van der Waals surface area contributed by atoms with Gasteiger partial charge in [0.2, 0.25) is 5.91 Å². The Labute approximate surface area is 94.2 Å². The van der Waals surface area contributed by atoms with E-state index in [0.717, 1.165) is 0 Å². The molecule has 6 nitrogen and oxygen atoms in total. The fraction of sp³-hybridized carbons (Fsp3) is 0.600. The van der Waals surface area contributed by atoms with Crippen LogP contribution in [-0.4, -0.2) is 50.0 Å². The number of amides is 1. The number of hydrogen-bond acceptors (Lipinski definition) is 5. The van der Waals surface area contributed by atoms with E-state index in [2.05, 4.69) is 16.6 Å². The summed E-state index contributed by atoms with van der Waals surface area (Å²) in [6, 6.07) is -1.04. The molecule has 2 atom stereocenters. The van der Waals surface area contributed by atoms with Gasteiger partial charge in [-0.05, 0) is 0 Å². The van der Waals surface area contributed by atoms with Crippen LogP contribution in [0.4, 0.5) is 0 Å². The van der Waals surface area contributed by atoms with Crippen molar-refractivity contribution in [2.24, 2.45) is 0 Å². The van der Waals surface area contributed by atoms with Crippen molar-refractivity contribution in [3.63, 3.8) is 0 Å². The van der Waals surface area contributed by atoms with Crippen molar-refractivity contribution < 1.29 is 24.2 Å². The molecular formula is C10H17NO5. The van der Waals surface area contributed by atoms with Gasteiger partial charge in [0.1, 0.15) is 0 Å². The first-order chi connectivity index (χ1) is 7.58. The molecule has 16 heavy (non-hydrogen) atoms. The molecule has 0 aromatic heterocycles. The highest BCUT2D eigenvalue weighted by Gasteiger charge is 2.21. The Balaban J connectivity index is 4.20. The van der Waals surface area contributed by atoms with Gasteiger partial charge in [-0.3, -0.25) is 4.79 Å². The zero-order chi connectivity index (χ0) is 12.6. The summed E-state index contributed by atoms with van der Waals surface area (Å²) in [5.41, 5.74) is 0. The molecule has 1 amide bonds. The van der Waals surface area contributed by atoms with Gasteiger partial charge in [0.05, 0.1) is 26.2 Å². The number of nitrogens with one attached hydrogen (secondary N) is 1. The van der Waals surface area contributed by atoms with Crippen molar-refractivity contribution in [3.05, 3.63) is 12.7 Å². The van der Waals surface area contributed by atoms with Gasteiger partial charge in [0, 0.05) is 7.11 Å². The van der Waals surface area contributed by atoms with Crippen LogP contribution in [-0.2, 0) is 19.1 Å². The third-order valence-corrected chi connectivity index (χ3v) is 1.96. The van der Waals surface area contributed by atoms with Crippen LogP contribution in [0.3, 0.4) is 0 Å². The Kier molecular flexibility index (Phi) is 7.15. The van der Waals surface area contributed by atoms with Crippen molar-refractivity contribution in [3.8, 4) is 0 Å². The van der Waals surface area contributed by atoms with E-state index in [9.17, 15) is 9.59 Å². The number of rotatable bonds is 7. The quantitative estimate of drug-likeness (QED) is 0.444. The average molecular weight is 231 g/mol. The molecule has 92 valence electrons. The molecule has 0 unspecified atom stereocenters. The van der Waals surface area contributed by atoms with Crippen LogP contribution in [0, 0.1) is 0 Å². The number of esters is 1. The normalized spacial score (nSPS) is 13.7. The van der Waals surface area contributed by atoms with Crippen LogP contribution in [0.25, 0.3) is 0 Å². The van der Waals surface area contributed by atoms with Crippen molar-refractivity contribution in [1.29, 1.82) is 0 Å². The minimum absolute atomic E-state index is 0.0352. The molecule has 0 aliphatic rings. The Morgan fingerprint density at radius 2 is 2.12 bits per heavy atom. The lowest BCUT2D eigenvalue weighted by molar-refractivity contribution is -0.146. The molecule has 0 saturated carbocycles. The van der Waals surface area contributed by atoms with Gasteiger partial charge in [-0.25, -0.2) is 4.79 Å². The van der Waals surface area contributed by atoms with E-state index < -0.39 is 30.6 Å². The number of carbonyl (C=O) groups excluding carboxylic acids is 2. The number of hydrogen-bond donors (Lipinski definition) is 2. The Morgan fingerprint density at radius 3 is 2.50 bits per heavy atom. The molecule has 0 aromatic rings. The van der Waals surface area contributed by atoms with Crippen molar-refractivity contribution in [2.75, 3.05) is 20.8 Å². The summed E-state index contributed by atoms with van der Waals surface area (Å²) >= 11 is 0. The maximum absolute atomic E-state index is 11.4. The van der Waals surface area contributed by atoms with Crippen LogP contribution in [0.1, 0.15) is 6.42 Å². The summed E-state index contributed by atoms with van der Waals surface area (Å²) < 4.78 is 9.31. The second-order valence-corrected chi connectivity index (χ2v) is 3.04. The largest absolute Gasteiger partial charge is 0.467 e. The summed E-state index contributed by atoms with van der Waals surface area (Å²) in [5.74, 6) is -1.11. The second-order valence-electron chi connectivity index (χ2n) is 3.04. The van der Waals surface area contributed by atoms with Crippen LogP contribution >= 0.6 is 0 Å². The summed E-state index contributed by atoms with van der Waals surface area (Å²) in [7, 11) is 2.63. The fourth-order valence-corrected chi connectivity index (χ4v) is 1.02. The zero-order valence-corrected chi connectivity index (χ0v) is 9.43. The molecule has 0 radical (unpaired) electrons. The second kappa shape index (κ2) is 7.84. The van der Waals surface area contributed by atoms with Gasteiger partial charge in [-0.1, -0.05) is 6.08 Å². The number of aliphatic hydroxyl groups excluding tert-OH is 1. The van der Waals surface area contributed by atoms with Crippen LogP contribution < -0.4 is 5.32 Å². The molecule has 2 N–H and O–H groups in total. The maximum atomic E-state index is 11.4. The molecule has 0 fully saturated rings. The van der Waals surface area contributed by atoms with Gasteiger partial charge in [0.25, 0.3) is 0 Å². The van der Waals surface area contributed by atoms with E-state index in [-0.39, 0.29) is 6.42 Å². The molecule has 6 heteroatoms. The third kappa shape index (κ3) is 4.90. The third-order valence-electron chi connectivity index (χ3n) is 1.96. The summed E-state index contributed by atoms with van der Waals surface area (Å²) in [5, 5.41) is 11.2.